The molecule has 32 heavy (non-hydrogen) atoms. The zero-order chi connectivity index (χ0) is 23.1. The molecule has 7 heteroatoms. The molecule has 0 bridgehead atoms. The van der Waals surface area contributed by atoms with Gasteiger partial charge in [0.1, 0.15) is 29.8 Å². The quantitative estimate of drug-likeness (QED) is 0.217. The molecule has 3 aromatic carbocycles. The molecular formula is C25H27N5O2. The van der Waals surface area contributed by atoms with Crippen LogP contribution < -0.4 is 21.5 Å². The van der Waals surface area contributed by atoms with Gasteiger partial charge < -0.3 is 26.6 Å². The van der Waals surface area contributed by atoms with Gasteiger partial charge in [-0.25, -0.2) is 0 Å². The summed E-state index contributed by atoms with van der Waals surface area (Å²) >= 11 is 0. The Morgan fingerprint density at radius 2 is 1.53 bits per heavy atom. The molecule has 0 saturated carbocycles. The van der Waals surface area contributed by atoms with E-state index in [-0.39, 0.29) is 23.5 Å². The van der Waals surface area contributed by atoms with E-state index in [2.05, 4.69) is 11.9 Å². The van der Waals surface area contributed by atoms with Gasteiger partial charge in [0.2, 0.25) is 0 Å². The number of amidine groups is 2. The van der Waals surface area contributed by atoms with Crippen molar-refractivity contribution >= 4 is 17.4 Å². The summed E-state index contributed by atoms with van der Waals surface area (Å²) in [7, 11) is 0. The highest BCUT2D eigenvalue weighted by Crippen LogP contribution is 2.17. The van der Waals surface area contributed by atoms with Crippen molar-refractivity contribution in [3.8, 4) is 11.5 Å². The third kappa shape index (κ3) is 6.12. The molecule has 7 nitrogen and oxygen atoms in total. The molecule has 8 N–H and O–H groups in total. The van der Waals surface area contributed by atoms with E-state index in [0.29, 0.717) is 35.6 Å². The first kappa shape index (κ1) is 22.4. The Labute approximate surface area is 187 Å². The maximum atomic E-state index is 9.56. The lowest BCUT2D eigenvalue weighted by Gasteiger charge is -2.22. The van der Waals surface area contributed by atoms with E-state index in [9.17, 15) is 5.11 Å². The van der Waals surface area contributed by atoms with Crippen molar-refractivity contribution in [2.45, 2.75) is 12.5 Å². The highest BCUT2D eigenvalue weighted by Gasteiger charge is 2.14. The summed E-state index contributed by atoms with van der Waals surface area (Å²) in [5.41, 5.74) is 15.0. The van der Waals surface area contributed by atoms with Crippen LogP contribution in [-0.2, 0) is 6.42 Å². The Hall–Kier alpha value is -4.26. The number of phenols is 1. The van der Waals surface area contributed by atoms with Gasteiger partial charge in [-0.3, -0.25) is 10.8 Å². The van der Waals surface area contributed by atoms with Crippen molar-refractivity contribution < 1.29 is 9.84 Å². The van der Waals surface area contributed by atoms with Gasteiger partial charge in [-0.15, -0.1) is 0 Å². The van der Waals surface area contributed by atoms with Crippen LogP contribution in [0.1, 0.15) is 22.3 Å². The minimum absolute atomic E-state index is 0.0153. The fraction of sp³-hybridized carbons (Fsp3) is 0.120. The molecule has 3 rings (SSSR count). The van der Waals surface area contributed by atoms with Crippen LogP contribution in [0.2, 0.25) is 0 Å². The van der Waals surface area contributed by atoms with Gasteiger partial charge in [0.05, 0.1) is 6.04 Å². The number of hydrogen-bond acceptors (Lipinski definition) is 5. The molecule has 0 amide bonds. The molecule has 0 aliphatic carbocycles. The third-order valence-electron chi connectivity index (χ3n) is 4.94. The average Bonchev–Trinajstić information content (AvgIpc) is 2.79. The van der Waals surface area contributed by atoms with Gasteiger partial charge in [-0.1, -0.05) is 55.1 Å². The number of rotatable bonds is 10. The molecule has 0 heterocycles. The molecule has 0 spiro atoms. The molecule has 0 aromatic heterocycles. The van der Waals surface area contributed by atoms with Gasteiger partial charge in [0, 0.05) is 16.8 Å². The number of benzene rings is 3. The van der Waals surface area contributed by atoms with Crippen molar-refractivity contribution in [2.75, 3.05) is 6.61 Å². The van der Waals surface area contributed by atoms with Crippen molar-refractivity contribution in [1.29, 1.82) is 10.8 Å². The summed E-state index contributed by atoms with van der Waals surface area (Å²) in [4.78, 5) is 0. The number of ether oxygens (including phenoxy) is 1. The van der Waals surface area contributed by atoms with Crippen LogP contribution in [0.3, 0.4) is 0 Å². The highest BCUT2D eigenvalue weighted by atomic mass is 16.5. The van der Waals surface area contributed by atoms with E-state index in [1.54, 1.807) is 42.5 Å². The highest BCUT2D eigenvalue weighted by molar-refractivity contribution is 5.95. The second kappa shape index (κ2) is 10.2. The van der Waals surface area contributed by atoms with Crippen LogP contribution in [0, 0.1) is 10.8 Å². The molecular weight excluding hydrogens is 402 g/mol. The van der Waals surface area contributed by atoms with E-state index in [4.69, 9.17) is 27.0 Å². The standard InChI is InChI=1S/C25H27N5O2/c1-16(18-7-9-19(10-8-18)24(26)27)30-21(13-17-5-11-22(31)12-6-17)15-32-23-4-2-3-20(14-23)25(28)29/h2-12,14,21,30-31H,1,13,15H2,(H3,26,27)(H3,28,29)/t21-/m1/s1. The van der Waals surface area contributed by atoms with E-state index < -0.39 is 0 Å². The van der Waals surface area contributed by atoms with Gasteiger partial charge in [-0.2, -0.15) is 0 Å². The zero-order valence-electron chi connectivity index (χ0n) is 17.6. The lowest BCUT2D eigenvalue weighted by molar-refractivity contribution is 0.275. The largest absolute Gasteiger partial charge is 0.508 e. The number of nitrogens with one attached hydrogen (secondary N) is 3. The van der Waals surface area contributed by atoms with Crippen molar-refractivity contribution in [3.63, 3.8) is 0 Å². The Morgan fingerprint density at radius 1 is 0.906 bits per heavy atom. The van der Waals surface area contributed by atoms with E-state index in [1.165, 1.54) is 0 Å². The van der Waals surface area contributed by atoms with Crippen molar-refractivity contribution in [2.24, 2.45) is 11.5 Å². The molecule has 0 unspecified atom stereocenters. The summed E-state index contributed by atoms with van der Waals surface area (Å²) in [6, 6.07) is 21.3. The van der Waals surface area contributed by atoms with Crippen molar-refractivity contribution in [3.05, 3.63) is 102 Å². The lowest BCUT2D eigenvalue weighted by atomic mass is 10.0. The first-order chi connectivity index (χ1) is 15.3. The number of phenolic OH excluding ortho intramolecular Hbond substituents is 1. The normalized spacial score (nSPS) is 11.4. The van der Waals surface area contributed by atoms with Gasteiger partial charge in [0.25, 0.3) is 0 Å². The van der Waals surface area contributed by atoms with E-state index in [1.807, 2.05) is 30.3 Å². The fourth-order valence-corrected chi connectivity index (χ4v) is 3.20. The van der Waals surface area contributed by atoms with Gasteiger partial charge >= 0.3 is 0 Å². The first-order valence-electron chi connectivity index (χ1n) is 10.1. The first-order valence-corrected chi connectivity index (χ1v) is 10.1. The number of aromatic hydroxyl groups is 1. The second-order valence-corrected chi connectivity index (χ2v) is 7.43. The smallest absolute Gasteiger partial charge is 0.122 e. The summed E-state index contributed by atoms with van der Waals surface area (Å²) < 4.78 is 5.99. The Balaban J connectivity index is 1.74. The minimum Gasteiger partial charge on any atom is -0.508 e. The van der Waals surface area contributed by atoms with Gasteiger partial charge in [0.15, 0.2) is 0 Å². The van der Waals surface area contributed by atoms with Crippen LogP contribution in [0.4, 0.5) is 0 Å². The third-order valence-corrected chi connectivity index (χ3v) is 4.94. The monoisotopic (exact) mass is 429 g/mol. The molecule has 0 aliphatic rings. The number of nitrogen functional groups attached to an aromatic ring is 2. The molecule has 0 saturated heterocycles. The number of nitrogens with two attached hydrogens (primary N) is 2. The average molecular weight is 430 g/mol. The van der Waals surface area contributed by atoms with Crippen LogP contribution in [0.5, 0.6) is 11.5 Å². The molecule has 1 atom stereocenters. The van der Waals surface area contributed by atoms with Crippen LogP contribution in [0.25, 0.3) is 5.70 Å². The zero-order valence-corrected chi connectivity index (χ0v) is 17.6. The van der Waals surface area contributed by atoms with Crippen LogP contribution >= 0.6 is 0 Å². The topological polar surface area (TPSA) is 141 Å². The SMILES string of the molecule is C=C(N[C@@H](COc1cccc(C(=N)N)c1)Cc1ccc(O)cc1)c1ccc(C(=N)N)cc1. The van der Waals surface area contributed by atoms with Crippen molar-refractivity contribution in [1.82, 2.24) is 5.32 Å². The summed E-state index contributed by atoms with van der Waals surface area (Å²) in [6.07, 6.45) is 0.636. The Morgan fingerprint density at radius 3 is 2.16 bits per heavy atom. The summed E-state index contributed by atoms with van der Waals surface area (Å²) in [5.74, 6) is 0.829. The van der Waals surface area contributed by atoms with Crippen LogP contribution in [0.15, 0.2) is 79.4 Å². The van der Waals surface area contributed by atoms with E-state index in [0.717, 1.165) is 11.1 Å². The fourth-order valence-electron chi connectivity index (χ4n) is 3.20. The second-order valence-electron chi connectivity index (χ2n) is 7.43. The molecule has 164 valence electrons. The Bertz CT molecular complexity index is 1110. The predicted octanol–water partition coefficient (Wildman–Crippen LogP) is 3.21. The Kier molecular flexibility index (Phi) is 7.13. The van der Waals surface area contributed by atoms with E-state index >= 15 is 0 Å². The molecule has 0 aliphatic heterocycles. The minimum atomic E-state index is -0.125. The van der Waals surface area contributed by atoms with Crippen LogP contribution in [-0.4, -0.2) is 29.4 Å². The summed E-state index contributed by atoms with van der Waals surface area (Å²) in [6.45, 7) is 4.49. The molecule has 3 aromatic rings. The predicted molar refractivity (Wildman–Crippen MR) is 128 cm³/mol. The maximum Gasteiger partial charge on any atom is 0.122 e. The number of hydrogen-bond donors (Lipinski definition) is 6. The molecule has 0 fully saturated rings. The maximum absolute atomic E-state index is 9.56. The van der Waals surface area contributed by atoms with Gasteiger partial charge in [-0.05, 0) is 41.8 Å². The lowest BCUT2D eigenvalue weighted by Crippen LogP contribution is -2.35. The molecule has 0 radical (unpaired) electrons. The summed E-state index contributed by atoms with van der Waals surface area (Å²) in [5, 5.41) is 28.1.